The standard InChI is InChI=1S/C15H9ClF5NO/c16-9-3-6-11(12(18)7-9)14(23)22-13(15(19,20)21)8-1-4-10(17)5-2-8/h1-7,13H,(H,22,23). The van der Waals surface area contributed by atoms with Crippen molar-refractivity contribution in [1.82, 2.24) is 5.32 Å². The van der Waals surface area contributed by atoms with E-state index in [1.165, 1.54) is 6.07 Å². The van der Waals surface area contributed by atoms with Crippen molar-refractivity contribution in [2.75, 3.05) is 0 Å². The summed E-state index contributed by atoms with van der Waals surface area (Å²) in [4.78, 5) is 11.9. The largest absolute Gasteiger partial charge is 0.412 e. The summed E-state index contributed by atoms with van der Waals surface area (Å²) in [6.45, 7) is 0. The van der Waals surface area contributed by atoms with Crippen LogP contribution >= 0.6 is 11.6 Å². The molecular weight excluding hydrogens is 341 g/mol. The zero-order chi connectivity index (χ0) is 17.2. The highest BCUT2D eigenvalue weighted by Crippen LogP contribution is 2.33. The fraction of sp³-hybridized carbons (Fsp3) is 0.133. The summed E-state index contributed by atoms with van der Waals surface area (Å²) >= 11 is 5.52. The molecule has 8 heteroatoms. The van der Waals surface area contributed by atoms with Gasteiger partial charge in [-0.3, -0.25) is 4.79 Å². The van der Waals surface area contributed by atoms with E-state index in [1.807, 2.05) is 0 Å². The number of hydrogen-bond donors (Lipinski definition) is 1. The van der Waals surface area contributed by atoms with E-state index < -0.39 is 35.3 Å². The highest BCUT2D eigenvalue weighted by Gasteiger charge is 2.42. The molecule has 2 rings (SSSR count). The lowest BCUT2D eigenvalue weighted by Crippen LogP contribution is -2.38. The van der Waals surface area contributed by atoms with Crippen LogP contribution in [0.15, 0.2) is 42.5 Å². The number of alkyl halides is 3. The molecule has 0 heterocycles. The summed E-state index contributed by atoms with van der Waals surface area (Å²) in [7, 11) is 0. The molecule has 0 radical (unpaired) electrons. The maximum Gasteiger partial charge on any atom is 0.412 e. The van der Waals surface area contributed by atoms with Crippen LogP contribution in [0.4, 0.5) is 22.0 Å². The first kappa shape index (κ1) is 17.2. The van der Waals surface area contributed by atoms with Gasteiger partial charge in [0.1, 0.15) is 11.6 Å². The van der Waals surface area contributed by atoms with Crippen LogP contribution in [0.3, 0.4) is 0 Å². The minimum Gasteiger partial charge on any atom is -0.337 e. The van der Waals surface area contributed by atoms with Crippen molar-refractivity contribution in [2.45, 2.75) is 12.2 Å². The van der Waals surface area contributed by atoms with Gasteiger partial charge in [-0.2, -0.15) is 13.2 Å². The van der Waals surface area contributed by atoms with Crippen LogP contribution in [-0.4, -0.2) is 12.1 Å². The summed E-state index contributed by atoms with van der Waals surface area (Å²) in [6, 6.07) is 4.04. The smallest absolute Gasteiger partial charge is 0.337 e. The molecule has 0 fully saturated rings. The van der Waals surface area contributed by atoms with Gasteiger partial charge in [-0.25, -0.2) is 8.78 Å². The van der Waals surface area contributed by atoms with Gasteiger partial charge in [-0.05, 0) is 35.9 Å². The molecule has 0 aliphatic rings. The fourth-order valence-electron chi connectivity index (χ4n) is 1.89. The summed E-state index contributed by atoms with van der Waals surface area (Å²) < 4.78 is 65.8. The molecule has 0 spiro atoms. The molecule has 2 nitrogen and oxygen atoms in total. The van der Waals surface area contributed by atoms with Crippen LogP contribution in [0.25, 0.3) is 0 Å². The lowest BCUT2D eigenvalue weighted by molar-refractivity contribution is -0.155. The summed E-state index contributed by atoms with van der Waals surface area (Å²) in [5, 5.41) is 1.70. The predicted molar refractivity (Wildman–Crippen MR) is 74.1 cm³/mol. The first-order valence-corrected chi connectivity index (χ1v) is 6.64. The highest BCUT2D eigenvalue weighted by atomic mass is 35.5. The number of carbonyl (C=O) groups is 1. The number of carbonyl (C=O) groups excluding carboxylic acids is 1. The van der Waals surface area contributed by atoms with Crippen LogP contribution in [-0.2, 0) is 0 Å². The molecule has 1 amide bonds. The molecule has 1 unspecified atom stereocenters. The average molecular weight is 350 g/mol. The van der Waals surface area contributed by atoms with E-state index in [-0.39, 0.29) is 10.6 Å². The lowest BCUT2D eigenvalue weighted by atomic mass is 10.1. The topological polar surface area (TPSA) is 29.1 Å². The summed E-state index contributed by atoms with van der Waals surface area (Å²) in [5.74, 6) is -3.02. The Morgan fingerprint density at radius 3 is 2.17 bits per heavy atom. The molecule has 0 aliphatic carbocycles. The number of benzene rings is 2. The predicted octanol–water partition coefficient (Wildman–Crippen LogP) is 4.65. The van der Waals surface area contributed by atoms with Crippen LogP contribution in [0, 0.1) is 11.6 Å². The van der Waals surface area contributed by atoms with Gasteiger partial charge in [0.05, 0.1) is 5.56 Å². The Labute approximate surface area is 132 Å². The zero-order valence-electron chi connectivity index (χ0n) is 11.3. The molecule has 0 saturated heterocycles. The normalized spacial score (nSPS) is 12.8. The molecule has 0 saturated carbocycles. The second kappa shape index (κ2) is 6.54. The quantitative estimate of drug-likeness (QED) is 0.803. The van der Waals surface area contributed by atoms with Crippen molar-refractivity contribution in [3.05, 3.63) is 70.2 Å². The van der Waals surface area contributed by atoms with E-state index in [2.05, 4.69) is 0 Å². The van der Waals surface area contributed by atoms with Crippen molar-refractivity contribution < 1.29 is 26.7 Å². The van der Waals surface area contributed by atoms with Gasteiger partial charge in [0, 0.05) is 5.02 Å². The van der Waals surface area contributed by atoms with Crippen molar-refractivity contribution in [1.29, 1.82) is 0 Å². The molecule has 1 atom stereocenters. The average Bonchev–Trinajstić information content (AvgIpc) is 2.44. The number of halogens is 6. The lowest BCUT2D eigenvalue weighted by Gasteiger charge is -2.22. The molecule has 0 aromatic heterocycles. The van der Waals surface area contributed by atoms with Gasteiger partial charge in [-0.15, -0.1) is 0 Å². The Balaban J connectivity index is 2.31. The molecule has 23 heavy (non-hydrogen) atoms. The van der Waals surface area contributed by atoms with E-state index in [9.17, 15) is 26.7 Å². The first-order valence-electron chi connectivity index (χ1n) is 6.26. The zero-order valence-corrected chi connectivity index (χ0v) is 12.1. The van der Waals surface area contributed by atoms with E-state index in [1.54, 1.807) is 5.32 Å². The molecule has 1 N–H and O–H groups in total. The Kier molecular flexibility index (Phi) is 4.89. The van der Waals surface area contributed by atoms with Crippen LogP contribution < -0.4 is 5.32 Å². The monoisotopic (exact) mass is 349 g/mol. The van der Waals surface area contributed by atoms with E-state index in [0.717, 1.165) is 36.4 Å². The van der Waals surface area contributed by atoms with Crippen molar-refractivity contribution in [3.8, 4) is 0 Å². The minimum atomic E-state index is -4.84. The Morgan fingerprint density at radius 2 is 1.65 bits per heavy atom. The number of rotatable bonds is 3. The first-order chi connectivity index (χ1) is 10.7. The van der Waals surface area contributed by atoms with Gasteiger partial charge in [-0.1, -0.05) is 23.7 Å². The molecule has 0 aliphatic heterocycles. The van der Waals surface area contributed by atoms with Gasteiger partial charge in [0.15, 0.2) is 6.04 Å². The Hall–Kier alpha value is -2.15. The molecule has 122 valence electrons. The number of nitrogens with one attached hydrogen (secondary N) is 1. The Bertz CT molecular complexity index is 715. The molecular formula is C15H9ClF5NO. The molecule has 2 aromatic rings. The minimum absolute atomic E-state index is 0.00459. The van der Waals surface area contributed by atoms with Gasteiger partial charge in [0.25, 0.3) is 5.91 Å². The third-order valence-corrected chi connectivity index (χ3v) is 3.22. The van der Waals surface area contributed by atoms with E-state index >= 15 is 0 Å². The van der Waals surface area contributed by atoms with Gasteiger partial charge < -0.3 is 5.32 Å². The van der Waals surface area contributed by atoms with E-state index in [4.69, 9.17) is 11.6 Å². The SMILES string of the molecule is O=C(NC(c1ccc(F)cc1)C(F)(F)F)c1ccc(Cl)cc1F. The van der Waals surface area contributed by atoms with Crippen LogP contribution in [0.1, 0.15) is 22.0 Å². The van der Waals surface area contributed by atoms with Crippen LogP contribution in [0.5, 0.6) is 0 Å². The van der Waals surface area contributed by atoms with Crippen molar-refractivity contribution >= 4 is 17.5 Å². The molecule has 2 aromatic carbocycles. The second-order valence-corrected chi connectivity index (χ2v) is 5.06. The number of amides is 1. The fourth-order valence-corrected chi connectivity index (χ4v) is 2.05. The second-order valence-electron chi connectivity index (χ2n) is 4.62. The number of hydrogen-bond acceptors (Lipinski definition) is 1. The summed E-state index contributed by atoms with van der Waals surface area (Å²) in [5.41, 5.74) is -0.951. The maximum absolute atomic E-state index is 13.6. The van der Waals surface area contributed by atoms with Crippen molar-refractivity contribution in [3.63, 3.8) is 0 Å². The maximum atomic E-state index is 13.6. The molecule has 0 bridgehead atoms. The van der Waals surface area contributed by atoms with E-state index in [0.29, 0.717) is 0 Å². The van der Waals surface area contributed by atoms with Gasteiger partial charge in [0.2, 0.25) is 0 Å². The third kappa shape index (κ3) is 4.19. The summed E-state index contributed by atoms with van der Waals surface area (Å²) in [6.07, 6.45) is -4.84. The third-order valence-electron chi connectivity index (χ3n) is 2.98. The van der Waals surface area contributed by atoms with Gasteiger partial charge >= 0.3 is 6.18 Å². The van der Waals surface area contributed by atoms with Crippen molar-refractivity contribution in [2.24, 2.45) is 0 Å². The highest BCUT2D eigenvalue weighted by molar-refractivity contribution is 6.30. The Morgan fingerprint density at radius 1 is 1.04 bits per heavy atom. The van der Waals surface area contributed by atoms with Crippen LogP contribution in [0.2, 0.25) is 5.02 Å².